The number of carbonyl (C=O) groups is 2. The van der Waals surface area contributed by atoms with Gasteiger partial charge in [0.05, 0.1) is 12.8 Å². The van der Waals surface area contributed by atoms with Gasteiger partial charge >= 0.3 is 0 Å². The zero-order valence-electron chi connectivity index (χ0n) is 14.9. The number of hydrogen-bond donors (Lipinski definition) is 1. The summed E-state index contributed by atoms with van der Waals surface area (Å²) in [6.07, 6.45) is 2.43. The fourth-order valence-electron chi connectivity index (χ4n) is 2.89. The third kappa shape index (κ3) is 3.93. The van der Waals surface area contributed by atoms with Gasteiger partial charge in [-0.05, 0) is 36.8 Å². The molecule has 7 heteroatoms. The highest BCUT2D eigenvalue weighted by Gasteiger charge is 2.22. The van der Waals surface area contributed by atoms with Gasteiger partial charge in [0.1, 0.15) is 11.4 Å². The fraction of sp³-hybridized carbons (Fsp3) is 0.316. The van der Waals surface area contributed by atoms with Gasteiger partial charge < -0.3 is 19.9 Å². The molecule has 1 saturated heterocycles. The predicted molar refractivity (Wildman–Crippen MR) is 98.8 cm³/mol. The summed E-state index contributed by atoms with van der Waals surface area (Å²) in [5, 5.41) is 3.29. The Bertz CT molecular complexity index is 801. The van der Waals surface area contributed by atoms with E-state index in [1.807, 2.05) is 31.2 Å². The first-order chi connectivity index (χ1) is 12.6. The van der Waals surface area contributed by atoms with Crippen molar-refractivity contribution in [2.75, 3.05) is 38.6 Å². The Kier molecular flexibility index (Phi) is 5.36. The van der Waals surface area contributed by atoms with Gasteiger partial charge in [-0.15, -0.1) is 0 Å². The minimum Gasteiger partial charge on any atom is -0.495 e. The standard InChI is InChI=1S/C19H22N4O3/c1-14-3-4-18(26-2)16(11-14)21-15-5-6-20-17(12-15)19(25)23-9-7-22(13-24)8-10-23/h3-6,11-13H,7-10H2,1-2H3,(H,20,21). The number of ether oxygens (including phenoxy) is 1. The van der Waals surface area contributed by atoms with Crippen LogP contribution >= 0.6 is 0 Å². The second-order valence-corrected chi connectivity index (χ2v) is 6.19. The highest BCUT2D eigenvalue weighted by molar-refractivity contribution is 5.93. The summed E-state index contributed by atoms with van der Waals surface area (Å²) >= 11 is 0. The van der Waals surface area contributed by atoms with Gasteiger partial charge in [0.2, 0.25) is 6.41 Å². The number of nitrogens with one attached hydrogen (secondary N) is 1. The van der Waals surface area contributed by atoms with Crippen molar-refractivity contribution >= 4 is 23.7 Å². The minimum absolute atomic E-state index is 0.129. The SMILES string of the molecule is COc1ccc(C)cc1Nc1ccnc(C(=O)N2CCN(C=O)CC2)c1. The third-order valence-electron chi connectivity index (χ3n) is 4.36. The topological polar surface area (TPSA) is 74.8 Å². The van der Waals surface area contributed by atoms with E-state index in [-0.39, 0.29) is 5.91 Å². The molecular weight excluding hydrogens is 332 g/mol. The van der Waals surface area contributed by atoms with Crippen LogP contribution in [0.4, 0.5) is 11.4 Å². The number of pyridine rings is 1. The summed E-state index contributed by atoms with van der Waals surface area (Å²) in [5.74, 6) is 0.598. The molecule has 0 bridgehead atoms. The van der Waals surface area contributed by atoms with Gasteiger partial charge in [0.25, 0.3) is 5.91 Å². The van der Waals surface area contributed by atoms with Crippen molar-refractivity contribution in [1.29, 1.82) is 0 Å². The number of amides is 2. The van der Waals surface area contributed by atoms with Gasteiger partial charge in [-0.3, -0.25) is 14.6 Å². The number of aryl methyl sites for hydroxylation is 1. The van der Waals surface area contributed by atoms with Crippen molar-refractivity contribution in [3.05, 3.63) is 47.8 Å². The predicted octanol–water partition coefficient (Wildman–Crippen LogP) is 2.06. The van der Waals surface area contributed by atoms with Crippen LogP contribution in [0.2, 0.25) is 0 Å². The molecule has 0 spiro atoms. The van der Waals surface area contributed by atoms with Gasteiger partial charge in [0, 0.05) is 38.1 Å². The molecule has 1 aliphatic heterocycles. The van der Waals surface area contributed by atoms with Crippen molar-refractivity contribution < 1.29 is 14.3 Å². The number of nitrogens with zero attached hydrogens (tertiary/aromatic N) is 3. The van der Waals surface area contributed by atoms with E-state index in [1.165, 1.54) is 0 Å². The molecule has 0 saturated carbocycles. The molecule has 1 aromatic carbocycles. The molecule has 3 rings (SSSR count). The van der Waals surface area contributed by atoms with Crippen molar-refractivity contribution in [3.63, 3.8) is 0 Å². The number of methoxy groups -OCH3 is 1. The summed E-state index contributed by atoms with van der Waals surface area (Å²) in [5.41, 5.74) is 3.07. The molecule has 1 aromatic heterocycles. The van der Waals surface area contributed by atoms with Crippen molar-refractivity contribution in [1.82, 2.24) is 14.8 Å². The quantitative estimate of drug-likeness (QED) is 0.832. The Morgan fingerprint density at radius 1 is 1.19 bits per heavy atom. The van der Waals surface area contributed by atoms with E-state index in [2.05, 4.69) is 10.3 Å². The van der Waals surface area contributed by atoms with E-state index >= 15 is 0 Å². The number of anilines is 2. The van der Waals surface area contributed by atoms with Crippen molar-refractivity contribution in [3.8, 4) is 5.75 Å². The molecule has 2 amide bonds. The number of piperazine rings is 1. The largest absolute Gasteiger partial charge is 0.495 e. The molecule has 2 heterocycles. The average molecular weight is 354 g/mol. The molecule has 1 N–H and O–H groups in total. The second kappa shape index (κ2) is 7.86. The number of rotatable bonds is 5. The molecule has 7 nitrogen and oxygen atoms in total. The molecule has 0 aliphatic carbocycles. The summed E-state index contributed by atoms with van der Waals surface area (Å²) in [4.78, 5) is 31.1. The maximum atomic E-state index is 12.7. The van der Waals surface area contributed by atoms with Gasteiger partial charge in [-0.1, -0.05) is 6.07 Å². The molecule has 1 fully saturated rings. The van der Waals surface area contributed by atoms with Crippen LogP contribution in [0.5, 0.6) is 5.75 Å². The number of hydrogen-bond acceptors (Lipinski definition) is 5. The lowest BCUT2D eigenvalue weighted by Gasteiger charge is -2.32. The lowest BCUT2D eigenvalue weighted by atomic mass is 10.2. The van der Waals surface area contributed by atoms with Gasteiger partial charge in [-0.25, -0.2) is 0 Å². The van der Waals surface area contributed by atoms with E-state index in [1.54, 1.807) is 29.2 Å². The Labute approximate surface area is 152 Å². The monoisotopic (exact) mass is 354 g/mol. The lowest BCUT2D eigenvalue weighted by Crippen LogP contribution is -2.48. The molecular formula is C19H22N4O3. The summed E-state index contributed by atoms with van der Waals surface area (Å²) < 4.78 is 5.38. The van der Waals surface area contributed by atoms with Crippen LogP contribution in [0.3, 0.4) is 0 Å². The maximum Gasteiger partial charge on any atom is 0.272 e. The van der Waals surface area contributed by atoms with Crippen molar-refractivity contribution in [2.45, 2.75) is 6.92 Å². The maximum absolute atomic E-state index is 12.7. The highest BCUT2D eigenvalue weighted by atomic mass is 16.5. The van der Waals surface area contributed by atoms with Crippen LogP contribution in [0.25, 0.3) is 0 Å². The second-order valence-electron chi connectivity index (χ2n) is 6.19. The van der Waals surface area contributed by atoms with E-state index in [0.717, 1.165) is 29.1 Å². The van der Waals surface area contributed by atoms with Crippen LogP contribution < -0.4 is 10.1 Å². The molecule has 136 valence electrons. The van der Waals surface area contributed by atoms with Crippen molar-refractivity contribution in [2.24, 2.45) is 0 Å². The first-order valence-corrected chi connectivity index (χ1v) is 8.47. The first kappa shape index (κ1) is 17.7. The number of aromatic nitrogens is 1. The van der Waals surface area contributed by atoms with Crippen LogP contribution in [0, 0.1) is 6.92 Å². The van der Waals surface area contributed by atoms with Crippen LogP contribution in [-0.4, -0.2) is 60.4 Å². The molecule has 0 atom stereocenters. The van der Waals surface area contributed by atoms with Gasteiger partial charge in [0.15, 0.2) is 0 Å². The molecule has 0 unspecified atom stereocenters. The Morgan fingerprint density at radius 3 is 2.65 bits per heavy atom. The Hall–Kier alpha value is -3.09. The number of benzene rings is 1. The molecule has 0 radical (unpaired) electrons. The van der Waals surface area contributed by atoms with Crippen LogP contribution in [0.15, 0.2) is 36.5 Å². The zero-order chi connectivity index (χ0) is 18.5. The van der Waals surface area contributed by atoms with Crippen LogP contribution in [0.1, 0.15) is 16.1 Å². The molecule has 1 aliphatic rings. The Morgan fingerprint density at radius 2 is 1.96 bits per heavy atom. The van der Waals surface area contributed by atoms with E-state index in [4.69, 9.17) is 4.74 Å². The highest BCUT2D eigenvalue weighted by Crippen LogP contribution is 2.28. The average Bonchev–Trinajstić information content (AvgIpc) is 2.68. The first-order valence-electron chi connectivity index (χ1n) is 8.47. The summed E-state index contributed by atoms with van der Waals surface area (Å²) in [7, 11) is 1.62. The molecule has 2 aromatic rings. The van der Waals surface area contributed by atoms with E-state index in [0.29, 0.717) is 31.9 Å². The van der Waals surface area contributed by atoms with E-state index in [9.17, 15) is 9.59 Å². The fourth-order valence-corrected chi connectivity index (χ4v) is 2.89. The zero-order valence-corrected chi connectivity index (χ0v) is 14.9. The summed E-state index contributed by atoms with van der Waals surface area (Å²) in [6, 6.07) is 9.40. The Balaban J connectivity index is 1.75. The van der Waals surface area contributed by atoms with E-state index < -0.39 is 0 Å². The minimum atomic E-state index is -0.129. The van der Waals surface area contributed by atoms with Gasteiger partial charge in [-0.2, -0.15) is 0 Å². The normalized spacial score (nSPS) is 14.1. The summed E-state index contributed by atoms with van der Waals surface area (Å²) in [6.45, 7) is 4.14. The number of carbonyl (C=O) groups excluding carboxylic acids is 2. The lowest BCUT2D eigenvalue weighted by molar-refractivity contribution is -0.119. The van der Waals surface area contributed by atoms with Crippen LogP contribution in [-0.2, 0) is 4.79 Å². The third-order valence-corrected chi connectivity index (χ3v) is 4.36. The molecule has 26 heavy (non-hydrogen) atoms. The smallest absolute Gasteiger partial charge is 0.272 e.